The first-order chi connectivity index (χ1) is 8.29. The van der Waals surface area contributed by atoms with Crippen LogP contribution in [0.15, 0.2) is 24.3 Å². The van der Waals surface area contributed by atoms with Gasteiger partial charge in [-0.15, -0.1) is 11.6 Å². The Hall–Kier alpha value is -0.490. The molecule has 0 amide bonds. The van der Waals surface area contributed by atoms with Crippen LogP contribution in [-0.2, 0) is 6.42 Å². The van der Waals surface area contributed by atoms with Gasteiger partial charge in [0.2, 0.25) is 0 Å². The molecule has 0 saturated heterocycles. The first kappa shape index (κ1) is 13.0. The second kappa shape index (κ2) is 6.44. The lowest BCUT2D eigenvalue weighted by molar-refractivity contribution is 0.419. The maximum Gasteiger partial charge on any atom is 0.0339 e. The molecule has 0 N–H and O–H groups in total. The highest BCUT2D eigenvalue weighted by Crippen LogP contribution is 2.36. The van der Waals surface area contributed by atoms with Gasteiger partial charge in [-0.05, 0) is 49.1 Å². The average molecular weight is 251 g/mol. The normalized spacial score (nSPS) is 17.8. The number of aryl methyl sites for hydroxylation is 1. The summed E-state index contributed by atoms with van der Waals surface area (Å²) in [5.41, 5.74) is 2.98. The average Bonchev–Trinajstić information content (AvgIpc) is 2.26. The molecule has 94 valence electrons. The Morgan fingerprint density at radius 2 is 1.88 bits per heavy atom. The van der Waals surface area contributed by atoms with E-state index >= 15 is 0 Å². The van der Waals surface area contributed by atoms with Crippen LogP contribution in [0, 0.1) is 0 Å². The van der Waals surface area contributed by atoms with E-state index in [4.69, 9.17) is 11.6 Å². The minimum atomic E-state index is 0.353. The van der Waals surface area contributed by atoms with Gasteiger partial charge in [0.15, 0.2) is 0 Å². The van der Waals surface area contributed by atoms with Crippen molar-refractivity contribution in [1.29, 1.82) is 0 Å². The lowest BCUT2D eigenvalue weighted by Gasteiger charge is -2.25. The van der Waals surface area contributed by atoms with Crippen LogP contribution < -0.4 is 0 Å². The van der Waals surface area contributed by atoms with E-state index in [1.165, 1.54) is 36.8 Å². The highest BCUT2D eigenvalue weighted by Gasteiger charge is 2.18. The van der Waals surface area contributed by atoms with Gasteiger partial charge >= 0.3 is 0 Å². The van der Waals surface area contributed by atoms with Gasteiger partial charge < -0.3 is 0 Å². The monoisotopic (exact) mass is 250 g/mol. The van der Waals surface area contributed by atoms with Gasteiger partial charge in [0, 0.05) is 5.38 Å². The van der Waals surface area contributed by atoms with E-state index in [9.17, 15) is 0 Å². The van der Waals surface area contributed by atoms with Crippen LogP contribution in [0.1, 0.15) is 62.5 Å². The largest absolute Gasteiger partial charge is 0.123 e. The lowest BCUT2D eigenvalue weighted by Crippen LogP contribution is -2.08. The van der Waals surface area contributed by atoms with Crippen molar-refractivity contribution in [3.8, 4) is 0 Å². The lowest BCUT2D eigenvalue weighted by atomic mass is 9.80. The third-order valence-electron chi connectivity index (χ3n) is 3.90. The predicted molar refractivity (Wildman–Crippen MR) is 75.9 cm³/mol. The number of alkyl halides is 1. The van der Waals surface area contributed by atoms with Gasteiger partial charge in [-0.3, -0.25) is 0 Å². The van der Waals surface area contributed by atoms with Crippen molar-refractivity contribution >= 4 is 11.6 Å². The number of hydrogen-bond acceptors (Lipinski definition) is 0. The van der Waals surface area contributed by atoms with Crippen molar-refractivity contribution in [2.45, 2.75) is 63.2 Å². The maximum atomic E-state index is 6.24. The number of hydrogen-bond donors (Lipinski definition) is 0. The molecular formula is C16H23Cl. The zero-order chi connectivity index (χ0) is 12.1. The summed E-state index contributed by atoms with van der Waals surface area (Å²) in [6.07, 6.45) is 8.75. The van der Waals surface area contributed by atoms with Crippen molar-refractivity contribution in [3.05, 3.63) is 35.4 Å². The number of rotatable bonds is 6. The van der Waals surface area contributed by atoms with Crippen LogP contribution in [0.3, 0.4) is 0 Å². The molecule has 1 aromatic carbocycles. The molecule has 0 heterocycles. The van der Waals surface area contributed by atoms with Crippen molar-refractivity contribution < 1.29 is 0 Å². The van der Waals surface area contributed by atoms with Crippen LogP contribution in [0.5, 0.6) is 0 Å². The van der Waals surface area contributed by atoms with Gasteiger partial charge in [-0.1, -0.05) is 44.0 Å². The summed E-state index contributed by atoms with van der Waals surface area (Å²) in [5, 5.41) is 0.353. The van der Waals surface area contributed by atoms with Crippen LogP contribution in [0.4, 0.5) is 0 Å². The van der Waals surface area contributed by atoms with Gasteiger partial charge in [-0.25, -0.2) is 0 Å². The molecule has 1 saturated carbocycles. The highest BCUT2D eigenvalue weighted by atomic mass is 35.5. The van der Waals surface area contributed by atoms with E-state index in [1.807, 2.05) is 0 Å². The molecule has 0 bridgehead atoms. The molecule has 0 aliphatic heterocycles. The smallest absolute Gasteiger partial charge is 0.0339 e. The van der Waals surface area contributed by atoms with Crippen molar-refractivity contribution in [3.63, 3.8) is 0 Å². The Labute approximate surface area is 110 Å². The highest BCUT2D eigenvalue weighted by molar-refractivity contribution is 6.20. The quantitative estimate of drug-likeness (QED) is 0.602. The van der Waals surface area contributed by atoms with Gasteiger partial charge in [0.25, 0.3) is 0 Å². The molecule has 0 nitrogen and oxygen atoms in total. The van der Waals surface area contributed by atoms with E-state index in [1.54, 1.807) is 0 Å². The first-order valence-electron chi connectivity index (χ1n) is 7.02. The van der Waals surface area contributed by atoms with Gasteiger partial charge in [0.05, 0.1) is 0 Å². The molecule has 0 radical (unpaired) electrons. The van der Waals surface area contributed by atoms with Crippen LogP contribution in [-0.4, -0.2) is 5.38 Å². The summed E-state index contributed by atoms with van der Waals surface area (Å²) in [4.78, 5) is 0. The van der Waals surface area contributed by atoms with Crippen molar-refractivity contribution in [2.24, 2.45) is 0 Å². The fraction of sp³-hybridized carbons (Fsp3) is 0.625. The van der Waals surface area contributed by atoms with Crippen molar-refractivity contribution in [1.82, 2.24) is 0 Å². The standard InChI is InChI=1S/C16H23Cl/c1-2-4-16(17)12-9-13-7-10-15(11-8-13)14-5-3-6-14/h7-8,10-11,14,16H,2-6,9,12H2,1H3. The summed E-state index contributed by atoms with van der Waals surface area (Å²) in [5.74, 6) is 0.852. The molecular weight excluding hydrogens is 228 g/mol. The summed E-state index contributed by atoms with van der Waals surface area (Å²) in [6.45, 7) is 2.20. The summed E-state index contributed by atoms with van der Waals surface area (Å²) in [6, 6.07) is 9.23. The fourth-order valence-electron chi connectivity index (χ4n) is 2.48. The van der Waals surface area contributed by atoms with E-state index in [2.05, 4.69) is 31.2 Å². The third-order valence-corrected chi connectivity index (χ3v) is 4.34. The van der Waals surface area contributed by atoms with E-state index in [0.29, 0.717) is 5.38 Å². The third kappa shape index (κ3) is 3.74. The molecule has 1 atom stereocenters. The zero-order valence-corrected chi connectivity index (χ0v) is 11.5. The number of halogens is 1. The van der Waals surface area contributed by atoms with Crippen LogP contribution >= 0.6 is 11.6 Å². The SMILES string of the molecule is CCCC(Cl)CCc1ccc(C2CCC2)cc1. The predicted octanol–water partition coefficient (Wildman–Crippen LogP) is 5.29. The molecule has 1 unspecified atom stereocenters. The fourth-order valence-corrected chi connectivity index (χ4v) is 2.81. The Balaban J connectivity index is 1.81. The zero-order valence-electron chi connectivity index (χ0n) is 10.8. The van der Waals surface area contributed by atoms with E-state index in [-0.39, 0.29) is 0 Å². The molecule has 2 rings (SSSR count). The Morgan fingerprint density at radius 3 is 2.41 bits per heavy atom. The molecule has 17 heavy (non-hydrogen) atoms. The molecule has 0 aromatic heterocycles. The maximum absolute atomic E-state index is 6.24. The summed E-state index contributed by atoms with van der Waals surface area (Å²) < 4.78 is 0. The molecule has 0 spiro atoms. The first-order valence-corrected chi connectivity index (χ1v) is 7.46. The molecule has 1 aliphatic carbocycles. The van der Waals surface area contributed by atoms with E-state index < -0.39 is 0 Å². The Bertz CT molecular complexity index is 324. The second-order valence-electron chi connectivity index (χ2n) is 5.29. The van der Waals surface area contributed by atoms with Crippen LogP contribution in [0.25, 0.3) is 0 Å². The summed E-state index contributed by atoms with van der Waals surface area (Å²) >= 11 is 6.24. The topological polar surface area (TPSA) is 0 Å². The Kier molecular flexibility index (Phi) is 4.91. The second-order valence-corrected chi connectivity index (χ2v) is 5.91. The minimum Gasteiger partial charge on any atom is -0.123 e. The summed E-state index contributed by atoms with van der Waals surface area (Å²) in [7, 11) is 0. The minimum absolute atomic E-state index is 0.353. The van der Waals surface area contributed by atoms with Gasteiger partial charge in [-0.2, -0.15) is 0 Å². The molecule has 1 heteroatoms. The number of benzene rings is 1. The van der Waals surface area contributed by atoms with Gasteiger partial charge in [0.1, 0.15) is 0 Å². The molecule has 1 aromatic rings. The van der Waals surface area contributed by atoms with E-state index in [0.717, 1.165) is 25.2 Å². The molecule has 1 aliphatic rings. The molecule has 1 fully saturated rings. The van der Waals surface area contributed by atoms with Crippen LogP contribution in [0.2, 0.25) is 0 Å². The van der Waals surface area contributed by atoms with Crippen molar-refractivity contribution in [2.75, 3.05) is 0 Å². The Morgan fingerprint density at radius 1 is 1.18 bits per heavy atom.